The van der Waals surface area contributed by atoms with Crippen LogP contribution in [0, 0.1) is 0 Å². The summed E-state index contributed by atoms with van der Waals surface area (Å²) in [5, 5.41) is 8.79. The zero-order valence-electron chi connectivity index (χ0n) is 8.68. The predicted molar refractivity (Wildman–Crippen MR) is 54.6 cm³/mol. The minimum Gasteiger partial charge on any atom is -0.491 e. The summed E-state index contributed by atoms with van der Waals surface area (Å²) in [7, 11) is 0. The van der Waals surface area contributed by atoms with Gasteiger partial charge in [0.05, 0.1) is 6.10 Å². The van der Waals surface area contributed by atoms with Crippen LogP contribution in [0.15, 0.2) is 18.5 Å². The molecule has 0 radical (unpaired) electrons. The largest absolute Gasteiger partial charge is 0.491 e. The first-order valence-corrected chi connectivity index (χ1v) is 4.61. The van der Waals surface area contributed by atoms with Gasteiger partial charge in [0.15, 0.2) is 0 Å². The monoisotopic (exact) mass is 210 g/mol. The van der Waals surface area contributed by atoms with Crippen molar-refractivity contribution in [1.82, 2.24) is 4.98 Å². The van der Waals surface area contributed by atoms with Crippen LogP contribution in [0.4, 0.5) is 0 Å². The number of carboxylic acid groups (broad SMARTS) is 1. The number of rotatable bonds is 4. The van der Waals surface area contributed by atoms with Crippen LogP contribution in [0.2, 0.25) is 0 Å². The molecule has 0 fully saturated rings. The average Bonchev–Trinajstić information content (AvgIpc) is 2.16. The molecule has 0 aliphatic heterocycles. The molecule has 1 aromatic rings. The lowest BCUT2D eigenvalue weighted by atomic mass is 10.1. The van der Waals surface area contributed by atoms with Gasteiger partial charge in [-0.1, -0.05) is 0 Å². The van der Waals surface area contributed by atoms with E-state index >= 15 is 0 Å². The van der Waals surface area contributed by atoms with Crippen molar-refractivity contribution in [3.63, 3.8) is 0 Å². The SMILES string of the molecule is CC(C)Oc1ccncc1C(N)C(=O)O. The number of pyridine rings is 1. The van der Waals surface area contributed by atoms with Crippen LogP contribution < -0.4 is 10.5 Å². The first-order valence-electron chi connectivity index (χ1n) is 4.61. The van der Waals surface area contributed by atoms with Gasteiger partial charge in [0.2, 0.25) is 0 Å². The molecule has 0 spiro atoms. The first kappa shape index (κ1) is 11.5. The summed E-state index contributed by atoms with van der Waals surface area (Å²) in [6.45, 7) is 3.72. The van der Waals surface area contributed by atoms with Crippen LogP contribution in [0.5, 0.6) is 5.75 Å². The minimum absolute atomic E-state index is 0.0351. The molecule has 0 amide bonds. The summed E-state index contributed by atoms with van der Waals surface area (Å²) in [6.07, 6.45) is 2.92. The van der Waals surface area contributed by atoms with Crippen molar-refractivity contribution in [3.05, 3.63) is 24.0 Å². The molecule has 5 heteroatoms. The Morgan fingerprint density at radius 3 is 2.80 bits per heavy atom. The standard InChI is InChI=1S/C10H14N2O3/c1-6(2)15-8-3-4-12-5-7(8)9(11)10(13)14/h3-6,9H,11H2,1-2H3,(H,13,14). The highest BCUT2D eigenvalue weighted by atomic mass is 16.5. The Kier molecular flexibility index (Phi) is 3.62. The highest BCUT2D eigenvalue weighted by molar-refractivity contribution is 5.76. The number of hydrogen-bond acceptors (Lipinski definition) is 4. The quantitative estimate of drug-likeness (QED) is 0.772. The Bertz CT molecular complexity index is 352. The topological polar surface area (TPSA) is 85.4 Å². The summed E-state index contributed by atoms with van der Waals surface area (Å²) in [5.74, 6) is -0.633. The maximum atomic E-state index is 10.7. The molecule has 0 saturated heterocycles. The first-order chi connectivity index (χ1) is 7.02. The Morgan fingerprint density at radius 1 is 1.60 bits per heavy atom. The molecule has 0 bridgehead atoms. The molecule has 0 saturated carbocycles. The molecule has 1 heterocycles. The van der Waals surface area contributed by atoms with E-state index in [1.807, 2.05) is 13.8 Å². The zero-order chi connectivity index (χ0) is 11.4. The molecule has 3 N–H and O–H groups in total. The second kappa shape index (κ2) is 4.75. The number of ether oxygens (including phenoxy) is 1. The zero-order valence-corrected chi connectivity index (χ0v) is 8.68. The third kappa shape index (κ3) is 2.92. The van der Waals surface area contributed by atoms with Gasteiger partial charge in [0, 0.05) is 18.0 Å². The van der Waals surface area contributed by atoms with Crippen molar-refractivity contribution in [1.29, 1.82) is 0 Å². The maximum absolute atomic E-state index is 10.7. The minimum atomic E-state index is -1.10. The fourth-order valence-electron chi connectivity index (χ4n) is 1.12. The maximum Gasteiger partial charge on any atom is 0.325 e. The smallest absolute Gasteiger partial charge is 0.325 e. The molecule has 82 valence electrons. The van der Waals surface area contributed by atoms with E-state index in [0.717, 1.165) is 0 Å². The molecule has 1 aromatic heterocycles. The number of aromatic nitrogens is 1. The second-order valence-electron chi connectivity index (χ2n) is 3.40. The summed E-state index contributed by atoms with van der Waals surface area (Å²) >= 11 is 0. The Labute approximate surface area is 87.9 Å². The van der Waals surface area contributed by atoms with Crippen LogP contribution >= 0.6 is 0 Å². The van der Waals surface area contributed by atoms with Crippen molar-refractivity contribution >= 4 is 5.97 Å². The Morgan fingerprint density at radius 2 is 2.27 bits per heavy atom. The van der Waals surface area contributed by atoms with Crippen molar-refractivity contribution in [2.24, 2.45) is 5.73 Å². The van der Waals surface area contributed by atoms with E-state index < -0.39 is 12.0 Å². The molecular formula is C10H14N2O3. The number of carboxylic acids is 1. The van der Waals surface area contributed by atoms with Crippen LogP contribution in [0.25, 0.3) is 0 Å². The van der Waals surface area contributed by atoms with Gasteiger partial charge in [-0.15, -0.1) is 0 Å². The summed E-state index contributed by atoms with van der Waals surface area (Å²) in [6, 6.07) is 0.505. The van der Waals surface area contributed by atoms with Gasteiger partial charge in [-0.05, 0) is 19.9 Å². The Balaban J connectivity index is 3.00. The normalized spacial score (nSPS) is 12.5. The van der Waals surface area contributed by atoms with E-state index in [-0.39, 0.29) is 6.10 Å². The molecule has 15 heavy (non-hydrogen) atoms. The number of nitrogens with zero attached hydrogens (tertiary/aromatic N) is 1. The lowest BCUT2D eigenvalue weighted by Crippen LogP contribution is -2.22. The van der Waals surface area contributed by atoms with E-state index in [1.165, 1.54) is 12.4 Å². The van der Waals surface area contributed by atoms with E-state index in [0.29, 0.717) is 11.3 Å². The van der Waals surface area contributed by atoms with Gasteiger partial charge in [0.25, 0.3) is 0 Å². The van der Waals surface area contributed by atoms with Gasteiger partial charge in [-0.25, -0.2) is 0 Å². The van der Waals surface area contributed by atoms with Crippen LogP contribution in [-0.2, 0) is 4.79 Å². The third-order valence-corrected chi connectivity index (χ3v) is 1.77. The van der Waals surface area contributed by atoms with Gasteiger partial charge in [0.1, 0.15) is 11.8 Å². The molecular weight excluding hydrogens is 196 g/mol. The second-order valence-corrected chi connectivity index (χ2v) is 3.40. The van der Waals surface area contributed by atoms with Crippen LogP contribution in [-0.4, -0.2) is 22.2 Å². The van der Waals surface area contributed by atoms with Gasteiger partial charge in [-0.3, -0.25) is 9.78 Å². The van der Waals surface area contributed by atoms with Crippen LogP contribution in [0.3, 0.4) is 0 Å². The molecule has 5 nitrogen and oxygen atoms in total. The van der Waals surface area contributed by atoms with Gasteiger partial charge < -0.3 is 15.6 Å². The lowest BCUT2D eigenvalue weighted by molar-refractivity contribution is -0.138. The van der Waals surface area contributed by atoms with E-state index in [1.54, 1.807) is 6.07 Å². The molecule has 1 rings (SSSR count). The van der Waals surface area contributed by atoms with Crippen LogP contribution in [0.1, 0.15) is 25.5 Å². The van der Waals surface area contributed by atoms with E-state index in [4.69, 9.17) is 15.6 Å². The highest BCUT2D eigenvalue weighted by Gasteiger charge is 2.19. The van der Waals surface area contributed by atoms with Crippen molar-refractivity contribution in [2.75, 3.05) is 0 Å². The lowest BCUT2D eigenvalue weighted by Gasteiger charge is -2.15. The fourth-order valence-corrected chi connectivity index (χ4v) is 1.12. The van der Waals surface area contributed by atoms with Gasteiger partial charge >= 0.3 is 5.97 Å². The molecule has 0 aliphatic carbocycles. The highest BCUT2D eigenvalue weighted by Crippen LogP contribution is 2.23. The number of nitrogens with two attached hydrogens (primary N) is 1. The molecule has 0 aliphatic rings. The van der Waals surface area contributed by atoms with Crippen molar-refractivity contribution < 1.29 is 14.6 Å². The third-order valence-electron chi connectivity index (χ3n) is 1.77. The molecule has 1 unspecified atom stereocenters. The molecule has 1 atom stereocenters. The summed E-state index contributed by atoms with van der Waals surface area (Å²) in [4.78, 5) is 14.6. The Hall–Kier alpha value is -1.62. The van der Waals surface area contributed by atoms with Crippen molar-refractivity contribution in [3.8, 4) is 5.75 Å². The average molecular weight is 210 g/mol. The summed E-state index contributed by atoms with van der Waals surface area (Å²) < 4.78 is 5.43. The van der Waals surface area contributed by atoms with E-state index in [9.17, 15) is 4.79 Å². The predicted octanol–water partition coefficient (Wildman–Crippen LogP) is 0.953. The van der Waals surface area contributed by atoms with E-state index in [2.05, 4.69) is 4.98 Å². The number of carbonyl (C=O) groups is 1. The van der Waals surface area contributed by atoms with Crippen molar-refractivity contribution in [2.45, 2.75) is 26.0 Å². The summed E-state index contributed by atoms with van der Waals surface area (Å²) in [5.41, 5.74) is 5.88. The number of aliphatic carboxylic acids is 1. The molecule has 0 aromatic carbocycles. The van der Waals surface area contributed by atoms with Gasteiger partial charge in [-0.2, -0.15) is 0 Å². The number of hydrogen-bond donors (Lipinski definition) is 2. The fraction of sp³-hybridized carbons (Fsp3) is 0.400.